The van der Waals surface area contributed by atoms with Gasteiger partial charge in [-0.3, -0.25) is 9.69 Å². The van der Waals surface area contributed by atoms with Crippen molar-refractivity contribution in [2.24, 2.45) is 5.92 Å². The average molecular weight is 356 g/mol. The molecule has 26 heavy (non-hydrogen) atoms. The fourth-order valence-electron chi connectivity index (χ4n) is 3.38. The third-order valence-electron chi connectivity index (χ3n) is 4.86. The Morgan fingerprint density at radius 2 is 1.96 bits per heavy atom. The van der Waals surface area contributed by atoms with E-state index in [0.717, 1.165) is 38.9 Å². The molecule has 3 rings (SSSR count). The molecule has 0 spiro atoms. The number of hydrogen-bond acceptors (Lipinski definition) is 4. The first-order valence-corrected chi connectivity index (χ1v) is 8.94. The molecule has 1 aliphatic rings. The Bertz CT molecular complexity index is 736. The molecule has 1 saturated heterocycles. The van der Waals surface area contributed by atoms with Crippen LogP contribution in [0.1, 0.15) is 45.8 Å². The molecule has 138 valence electrons. The normalized spacial score (nSPS) is 15.7. The van der Waals surface area contributed by atoms with Crippen LogP contribution in [0.2, 0.25) is 0 Å². The van der Waals surface area contributed by atoms with Crippen molar-refractivity contribution in [1.29, 1.82) is 0 Å². The van der Waals surface area contributed by atoms with E-state index in [1.165, 1.54) is 11.9 Å². The van der Waals surface area contributed by atoms with Gasteiger partial charge in [0.2, 0.25) is 0 Å². The molecule has 2 aromatic rings. The zero-order valence-corrected chi connectivity index (χ0v) is 14.6. The highest BCUT2D eigenvalue weighted by Gasteiger charge is 2.21. The number of nitrogens with one attached hydrogen (secondary N) is 2. The van der Waals surface area contributed by atoms with E-state index >= 15 is 0 Å². The molecule has 0 radical (unpaired) electrons. The molecule has 2 heterocycles. The van der Waals surface area contributed by atoms with Crippen LogP contribution in [-0.4, -0.2) is 51.5 Å². The number of piperidine rings is 1. The standard InChI is InChI=1S/C19H24N4O3/c24-18(16-17(19(25)26)22-13-21-16)20-9-6-14-7-10-23(11-8-14)12-15-4-2-1-3-5-15/h1-5,13-14H,6-12H2,(H,20,24)(H,21,22)(H,25,26). The second kappa shape index (κ2) is 8.62. The Kier molecular flexibility index (Phi) is 6.01. The number of aromatic amines is 1. The number of carbonyl (C=O) groups excluding carboxylic acids is 1. The van der Waals surface area contributed by atoms with Crippen molar-refractivity contribution in [2.45, 2.75) is 25.8 Å². The minimum atomic E-state index is -1.18. The predicted octanol–water partition coefficient (Wildman–Crippen LogP) is 2.14. The highest BCUT2D eigenvalue weighted by atomic mass is 16.4. The molecule has 0 bridgehead atoms. The molecule has 1 aromatic heterocycles. The van der Waals surface area contributed by atoms with E-state index in [2.05, 4.69) is 44.5 Å². The molecular weight excluding hydrogens is 332 g/mol. The van der Waals surface area contributed by atoms with Crippen LogP contribution in [0.25, 0.3) is 0 Å². The smallest absolute Gasteiger partial charge is 0.354 e. The summed E-state index contributed by atoms with van der Waals surface area (Å²) < 4.78 is 0. The zero-order chi connectivity index (χ0) is 18.4. The number of amides is 1. The number of carboxylic acids is 1. The lowest BCUT2D eigenvalue weighted by atomic mass is 9.93. The fourth-order valence-corrected chi connectivity index (χ4v) is 3.38. The van der Waals surface area contributed by atoms with E-state index in [1.807, 2.05) is 6.07 Å². The van der Waals surface area contributed by atoms with Crippen molar-refractivity contribution in [3.63, 3.8) is 0 Å². The summed E-state index contributed by atoms with van der Waals surface area (Å²) in [6.07, 6.45) is 4.36. The topological polar surface area (TPSA) is 98.3 Å². The van der Waals surface area contributed by atoms with Crippen molar-refractivity contribution >= 4 is 11.9 Å². The average Bonchev–Trinajstić information content (AvgIpc) is 3.14. The van der Waals surface area contributed by atoms with Gasteiger partial charge in [0.25, 0.3) is 5.91 Å². The predicted molar refractivity (Wildman–Crippen MR) is 96.9 cm³/mol. The van der Waals surface area contributed by atoms with Crippen LogP contribution in [0.4, 0.5) is 0 Å². The second-order valence-corrected chi connectivity index (χ2v) is 6.68. The molecule has 1 aliphatic heterocycles. The van der Waals surface area contributed by atoms with E-state index in [9.17, 15) is 9.59 Å². The maximum Gasteiger partial charge on any atom is 0.354 e. The summed E-state index contributed by atoms with van der Waals surface area (Å²) in [5.74, 6) is -1.04. The summed E-state index contributed by atoms with van der Waals surface area (Å²) in [7, 11) is 0. The lowest BCUT2D eigenvalue weighted by Gasteiger charge is -2.32. The van der Waals surface area contributed by atoms with Crippen molar-refractivity contribution in [3.05, 3.63) is 53.6 Å². The van der Waals surface area contributed by atoms with Crippen LogP contribution >= 0.6 is 0 Å². The molecule has 1 aromatic carbocycles. The van der Waals surface area contributed by atoms with E-state index in [0.29, 0.717) is 12.5 Å². The number of benzene rings is 1. The molecule has 7 heteroatoms. The Morgan fingerprint density at radius 3 is 2.65 bits per heavy atom. The first kappa shape index (κ1) is 18.1. The van der Waals surface area contributed by atoms with Gasteiger partial charge in [0.05, 0.1) is 6.33 Å². The van der Waals surface area contributed by atoms with Crippen LogP contribution in [0.5, 0.6) is 0 Å². The van der Waals surface area contributed by atoms with Gasteiger partial charge in [0.15, 0.2) is 11.4 Å². The molecule has 1 fully saturated rings. The molecule has 0 saturated carbocycles. The van der Waals surface area contributed by atoms with E-state index in [4.69, 9.17) is 5.11 Å². The molecule has 3 N–H and O–H groups in total. The number of aromatic carboxylic acids is 1. The highest BCUT2D eigenvalue weighted by Crippen LogP contribution is 2.21. The van der Waals surface area contributed by atoms with Crippen LogP contribution in [0.3, 0.4) is 0 Å². The number of H-pyrrole nitrogens is 1. The first-order chi connectivity index (χ1) is 12.6. The Hall–Kier alpha value is -2.67. The van der Waals surface area contributed by atoms with Gasteiger partial charge in [-0.15, -0.1) is 0 Å². The molecule has 0 atom stereocenters. The summed E-state index contributed by atoms with van der Waals surface area (Å²) >= 11 is 0. The number of aromatic nitrogens is 2. The van der Waals surface area contributed by atoms with E-state index in [1.54, 1.807) is 0 Å². The van der Waals surface area contributed by atoms with Crippen LogP contribution in [0, 0.1) is 5.92 Å². The maximum atomic E-state index is 12.1. The molecule has 1 amide bonds. The van der Waals surface area contributed by atoms with Gasteiger partial charge in [-0.2, -0.15) is 0 Å². The summed E-state index contributed by atoms with van der Waals surface area (Å²) in [6.45, 7) is 3.65. The van der Waals surface area contributed by atoms with Gasteiger partial charge in [-0.05, 0) is 43.8 Å². The molecule has 7 nitrogen and oxygen atoms in total. The minimum Gasteiger partial charge on any atom is -0.477 e. The van der Waals surface area contributed by atoms with Gasteiger partial charge < -0.3 is 15.4 Å². The third kappa shape index (κ3) is 4.70. The van der Waals surface area contributed by atoms with Gasteiger partial charge >= 0.3 is 5.97 Å². The molecule has 0 unspecified atom stereocenters. The van der Waals surface area contributed by atoms with Crippen molar-refractivity contribution in [1.82, 2.24) is 20.2 Å². The summed E-state index contributed by atoms with van der Waals surface area (Å²) in [5, 5.41) is 11.8. The van der Waals surface area contributed by atoms with Crippen molar-refractivity contribution in [3.8, 4) is 0 Å². The van der Waals surface area contributed by atoms with Gasteiger partial charge in [0.1, 0.15) is 0 Å². The number of imidazole rings is 1. The lowest BCUT2D eigenvalue weighted by Crippen LogP contribution is -2.35. The van der Waals surface area contributed by atoms with Gasteiger partial charge in [-0.25, -0.2) is 9.78 Å². The van der Waals surface area contributed by atoms with E-state index in [-0.39, 0.29) is 11.4 Å². The Balaban J connectivity index is 1.38. The van der Waals surface area contributed by atoms with Crippen LogP contribution in [0.15, 0.2) is 36.7 Å². The van der Waals surface area contributed by atoms with E-state index < -0.39 is 11.9 Å². The first-order valence-electron chi connectivity index (χ1n) is 8.94. The van der Waals surface area contributed by atoms with Gasteiger partial charge in [-0.1, -0.05) is 30.3 Å². The molecule has 0 aliphatic carbocycles. The number of rotatable bonds is 7. The number of likely N-dealkylation sites (tertiary alicyclic amines) is 1. The number of carboxylic acid groups (broad SMARTS) is 1. The van der Waals surface area contributed by atoms with Crippen LogP contribution < -0.4 is 5.32 Å². The highest BCUT2D eigenvalue weighted by molar-refractivity contribution is 6.02. The lowest BCUT2D eigenvalue weighted by molar-refractivity contribution is 0.0685. The van der Waals surface area contributed by atoms with Crippen molar-refractivity contribution in [2.75, 3.05) is 19.6 Å². The fraction of sp³-hybridized carbons (Fsp3) is 0.421. The number of nitrogens with zero attached hydrogens (tertiary/aromatic N) is 2. The van der Waals surface area contributed by atoms with Crippen LogP contribution in [-0.2, 0) is 6.54 Å². The second-order valence-electron chi connectivity index (χ2n) is 6.68. The Labute approximate surface area is 152 Å². The number of hydrogen-bond donors (Lipinski definition) is 3. The summed E-state index contributed by atoms with van der Waals surface area (Å²) in [4.78, 5) is 31.8. The summed E-state index contributed by atoms with van der Waals surface area (Å²) in [5.41, 5.74) is 1.11. The monoisotopic (exact) mass is 356 g/mol. The minimum absolute atomic E-state index is 0.0600. The SMILES string of the molecule is O=C(NCCC1CCN(Cc2ccccc2)CC1)c1nc[nH]c1C(=O)O. The quantitative estimate of drug-likeness (QED) is 0.706. The third-order valence-corrected chi connectivity index (χ3v) is 4.86. The maximum absolute atomic E-state index is 12.1. The van der Waals surface area contributed by atoms with Crippen molar-refractivity contribution < 1.29 is 14.7 Å². The number of carbonyl (C=O) groups is 2. The molecular formula is C19H24N4O3. The largest absolute Gasteiger partial charge is 0.477 e. The summed E-state index contributed by atoms with van der Waals surface area (Å²) in [6, 6.07) is 10.5. The van der Waals surface area contributed by atoms with Gasteiger partial charge in [0, 0.05) is 13.1 Å². The Morgan fingerprint density at radius 1 is 1.23 bits per heavy atom. The zero-order valence-electron chi connectivity index (χ0n) is 14.6.